The lowest BCUT2D eigenvalue weighted by atomic mass is 9.95. The number of benzene rings is 1. The molecule has 0 spiro atoms. The molecule has 5 N–H and O–H groups in total. The van der Waals surface area contributed by atoms with Gasteiger partial charge in [0, 0.05) is 11.4 Å². The van der Waals surface area contributed by atoms with E-state index in [1.54, 1.807) is 13.0 Å². The number of carbonyl (C=O) groups is 2. The number of amides is 2. The van der Waals surface area contributed by atoms with Gasteiger partial charge in [0.2, 0.25) is 5.91 Å². The van der Waals surface area contributed by atoms with Gasteiger partial charge in [0.25, 0.3) is 18.2 Å². The lowest BCUT2D eigenvalue weighted by molar-refractivity contribution is -0.122. The number of alkyl halides is 2. The summed E-state index contributed by atoms with van der Waals surface area (Å²) in [6.45, 7) is 1.23. The highest BCUT2D eigenvalue weighted by atomic mass is 35.5. The summed E-state index contributed by atoms with van der Waals surface area (Å²) in [6.07, 6.45) is -1.09. The average Bonchev–Trinajstić information content (AvgIpc) is 3.23. The SMILES string of the molecule is CCC(N)=O.NNC(=O)Cn1nc(-c2nc(C3(c4ccc(F)cc4Cl)CC3)no2)cc1C(F)F. The molecule has 4 rings (SSSR count). The fourth-order valence-corrected chi connectivity index (χ4v) is 3.51. The minimum Gasteiger partial charge on any atom is -0.370 e. The first-order valence-electron chi connectivity index (χ1n) is 10.0. The van der Waals surface area contributed by atoms with Crippen molar-refractivity contribution in [2.75, 3.05) is 0 Å². The quantitative estimate of drug-likeness (QED) is 0.256. The third kappa shape index (κ3) is 5.37. The van der Waals surface area contributed by atoms with Gasteiger partial charge in [-0.1, -0.05) is 29.7 Å². The normalized spacial score (nSPS) is 13.9. The second-order valence-electron chi connectivity index (χ2n) is 7.43. The van der Waals surface area contributed by atoms with Gasteiger partial charge in [-0.05, 0) is 36.6 Å². The van der Waals surface area contributed by atoms with Crippen LogP contribution in [0.1, 0.15) is 49.7 Å². The minimum atomic E-state index is -2.88. The highest BCUT2D eigenvalue weighted by Gasteiger charge is 2.51. The summed E-state index contributed by atoms with van der Waals surface area (Å²) < 4.78 is 46.0. The lowest BCUT2D eigenvalue weighted by Crippen LogP contribution is -2.34. The van der Waals surface area contributed by atoms with Crippen LogP contribution in [0, 0.1) is 5.82 Å². The predicted octanol–water partition coefficient (Wildman–Crippen LogP) is 2.61. The van der Waals surface area contributed by atoms with E-state index < -0.39 is 35.8 Å². The second-order valence-corrected chi connectivity index (χ2v) is 7.84. The van der Waals surface area contributed by atoms with Crippen molar-refractivity contribution in [1.29, 1.82) is 0 Å². The Morgan fingerprint density at radius 3 is 2.53 bits per heavy atom. The van der Waals surface area contributed by atoms with Crippen molar-refractivity contribution in [3.8, 4) is 11.6 Å². The Balaban J connectivity index is 0.000000588. The standard InChI is InChI=1S/C17H14ClF3N6O2.C3H7NO/c18-10-5-8(19)1-2-9(10)17(3-4-17)16-23-15(29-26-16)11-6-12(14(20)21)27(25-11)7-13(28)24-22;1-2-3(4)5/h1-2,5-6,14H,3-4,7,22H2,(H,24,28);2H2,1H3,(H2,4,5). The maximum absolute atomic E-state index is 13.4. The first kappa shape index (κ1) is 25.2. The summed E-state index contributed by atoms with van der Waals surface area (Å²) in [7, 11) is 0. The third-order valence-electron chi connectivity index (χ3n) is 5.11. The van der Waals surface area contributed by atoms with Crippen LogP contribution in [0.3, 0.4) is 0 Å². The first-order valence-corrected chi connectivity index (χ1v) is 10.4. The van der Waals surface area contributed by atoms with Crippen LogP contribution in [0.25, 0.3) is 11.6 Å². The number of aromatic nitrogens is 4. The molecule has 0 radical (unpaired) electrons. The van der Waals surface area contributed by atoms with E-state index >= 15 is 0 Å². The number of rotatable bonds is 7. The van der Waals surface area contributed by atoms with E-state index in [-0.39, 0.29) is 22.5 Å². The van der Waals surface area contributed by atoms with E-state index in [2.05, 4.69) is 21.0 Å². The summed E-state index contributed by atoms with van der Waals surface area (Å²) in [5, 5.41) is 8.15. The van der Waals surface area contributed by atoms with Crippen LogP contribution in [0.5, 0.6) is 0 Å². The summed E-state index contributed by atoms with van der Waals surface area (Å²) in [5.41, 5.74) is 6.04. The molecular weight excluding hydrogens is 479 g/mol. The van der Waals surface area contributed by atoms with Gasteiger partial charge in [-0.2, -0.15) is 10.1 Å². The molecule has 10 nitrogen and oxygen atoms in total. The molecule has 0 atom stereocenters. The Morgan fingerprint density at radius 1 is 1.32 bits per heavy atom. The molecule has 1 fully saturated rings. The van der Waals surface area contributed by atoms with Crippen LogP contribution in [0.15, 0.2) is 28.8 Å². The monoisotopic (exact) mass is 499 g/mol. The van der Waals surface area contributed by atoms with E-state index in [9.17, 15) is 22.8 Å². The Kier molecular flexibility index (Phi) is 7.57. The first-order chi connectivity index (χ1) is 16.1. The topological polar surface area (TPSA) is 155 Å². The number of hydrazine groups is 1. The van der Waals surface area contributed by atoms with Gasteiger partial charge in [0.15, 0.2) is 11.5 Å². The van der Waals surface area contributed by atoms with Crippen LogP contribution >= 0.6 is 11.6 Å². The summed E-state index contributed by atoms with van der Waals surface area (Å²) >= 11 is 6.18. The molecule has 0 unspecified atom stereocenters. The Morgan fingerprint density at radius 2 is 2.00 bits per heavy atom. The van der Waals surface area contributed by atoms with Crippen molar-refractivity contribution in [3.63, 3.8) is 0 Å². The van der Waals surface area contributed by atoms with Gasteiger partial charge >= 0.3 is 0 Å². The van der Waals surface area contributed by atoms with E-state index in [0.717, 1.165) is 10.7 Å². The molecule has 1 aliphatic rings. The Labute approximate surface area is 196 Å². The molecule has 2 heterocycles. The highest BCUT2D eigenvalue weighted by Crippen LogP contribution is 2.54. The van der Waals surface area contributed by atoms with Gasteiger partial charge < -0.3 is 10.3 Å². The average molecular weight is 500 g/mol. The predicted molar refractivity (Wildman–Crippen MR) is 114 cm³/mol. The number of nitrogens with two attached hydrogens (primary N) is 2. The molecule has 0 saturated heterocycles. The molecule has 1 saturated carbocycles. The molecule has 2 amide bonds. The van der Waals surface area contributed by atoms with Crippen molar-refractivity contribution in [2.45, 2.75) is 44.6 Å². The molecule has 1 aromatic carbocycles. The van der Waals surface area contributed by atoms with E-state index in [4.69, 9.17) is 22.0 Å². The number of carbonyl (C=O) groups excluding carboxylic acids is 2. The van der Waals surface area contributed by atoms with Crippen molar-refractivity contribution in [1.82, 2.24) is 25.3 Å². The summed E-state index contributed by atoms with van der Waals surface area (Å²) in [5.74, 6) is 3.80. The molecule has 0 bridgehead atoms. The third-order valence-corrected chi connectivity index (χ3v) is 5.42. The molecule has 34 heavy (non-hydrogen) atoms. The maximum atomic E-state index is 13.4. The number of nitrogens with one attached hydrogen (secondary N) is 1. The molecule has 3 aromatic rings. The number of hydrogen-bond acceptors (Lipinski definition) is 7. The smallest absolute Gasteiger partial charge is 0.280 e. The van der Waals surface area contributed by atoms with Gasteiger partial charge in [0.05, 0.1) is 5.41 Å². The summed E-state index contributed by atoms with van der Waals surface area (Å²) in [6, 6.07) is 5.13. The van der Waals surface area contributed by atoms with Gasteiger partial charge in [-0.3, -0.25) is 19.7 Å². The van der Waals surface area contributed by atoms with Crippen LogP contribution in [0.4, 0.5) is 13.2 Å². The van der Waals surface area contributed by atoms with Crippen molar-refractivity contribution in [2.24, 2.45) is 11.6 Å². The zero-order valence-electron chi connectivity index (χ0n) is 17.9. The summed E-state index contributed by atoms with van der Waals surface area (Å²) in [4.78, 5) is 25.3. The van der Waals surface area contributed by atoms with Crippen LogP contribution in [0.2, 0.25) is 5.02 Å². The minimum absolute atomic E-state index is 0.00938. The zero-order chi connectivity index (χ0) is 25.0. The number of primary amides is 1. The second kappa shape index (κ2) is 10.2. The Hall–Kier alpha value is -3.45. The molecule has 182 valence electrons. The lowest BCUT2D eigenvalue weighted by Gasteiger charge is -2.12. The van der Waals surface area contributed by atoms with Crippen molar-refractivity contribution in [3.05, 3.63) is 52.2 Å². The molecule has 2 aromatic heterocycles. The van der Waals surface area contributed by atoms with Gasteiger partial charge in [0.1, 0.15) is 18.1 Å². The van der Waals surface area contributed by atoms with Crippen LogP contribution in [-0.2, 0) is 21.5 Å². The Bertz CT molecular complexity index is 1190. The molecule has 0 aliphatic heterocycles. The van der Waals surface area contributed by atoms with Crippen molar-refractivity contribution < 1.29 is 27.3 Å². The zero-order valence-corrected chi connectivity index (χ0v) is 18.7. The van der Waals surface area contributed by atoms with Gasteiger partial charge in [-0.15, -0.1) is 0 Å². The van der Waals surface area contributed by atoms with Crippen LogP contribution in [-0.4, -0.2) is 31.7 Å². The number of halogens is 4. The molecular formula is C20H21ClF3N7O3. The van der Waals surface area contributed by atoms with E-state index in [0.29, 0.717) is 30.7 Å². The molecule has 1 aliphatic carbocycles. The van der Waals surface area contributed by atoms with Gasteiger partial charge in [-0.25, -0.2) is 19.0 Å². The fraction of sp³-hybridized carbons (Fsp3) is 0.350. The highest BCUT2D eigenvalue weighted by molar-refractivity contribution is 6.31. The molecule has 14 heteroatoms. The maximum Gasteiger partial charge on any atom is 0.280 e. The van der Waals surface area contributed by atoms with E-state index in [1.165, 1.54) is 12.1 Å². The van der Waals surface area contributed by atoms with Crippen molar-refractivity contribution >= 4 is 23.4 Å². The van der Waals surface area contributed by atoms with Crippen LogP contribution < -0.4 is 17.0 Å². The number of hydrogen-bond donors (Lipinski definition) is 3. The number of nitrogens with zero attached hydrogens (tertiary/aromatic N) is 4. The van der Waals surface area contributed by atoms with E-state index in [1.807, 2.05) is 5.43 Å². The largest absolute Gasteiger partial charge is 0.370 e. The fourth-order valence-electron chi connectivity index (χ4n) is 3.16.